The lowest BCUT2D eigenvalue weighted by Crippen LogP contribution is -2.12. The van der Waals surface area contributed by atoms with E-state index in [0.29, 0.717) is 5.95 Å². The molecule has 0 radical (unpaired) electrons. The van der Waals surface area contributed by atoms with Gasteiger partial charge in [0.2, 0.25) is 5.95 Å². The fraction of sp³-hybridized carbons (Fsp3) is 0.312. The zero-order valence-corrected chi connectivity index (χ0v) is 12.6. The fourth-order valence-electron chi connectivity index (χ4n) is 2.26. The molecule has 0 saturated heterocycles. The summed E-state index contributed by atoms with van der Waals surface area (Å²) in [6, 6.07) is 4.23. The monoisotopic (exact) mass is 281 g/mol. The third-order valence-corrected chi connectivity index (χ3v) is 3.65. The van der Waals surface area contributed by atoms with Crippen molar-refractivity contribution in [2.24, 2.45) is 0 Å². The van der Waals surface area contributed by atoms with Gasteiger partial charge in [0.15, 0.2) is 0 Å². The van der Waals surface area contributed by atoms with Crippen LogP contribution in [0.2, 0.25) is 0 Å². The van der Waals surface area contributed by atoms with Gasteiger partial charge in [-0.25, -0.2) is 15.0 Å². The third-order valence-electron chi connectivity index (χ3n) is 3.65. The van der Waals surface area contributed by atoms with Crippen LogP contribution in [0, 0.1) is 13.8 Å². The molecule has 0 unspecified atom stereocenters. The molecule has 0 fully saturated rings. The number of nitrogens with one attached hydrogen (secondary N) is 1. The molecule has 5 heteroatoms. The number of rotatable bonds is 4. The van der Waals surface area contributed by atoms with E-state index in [1.54, 1.807) is 6.33 Å². The van der Waals surface area contributed by atoms with Crippen LogP contribution < -0.4 is 5.32 Å². The van der Waals surface area contributed by atoms with Gasteiger partial charge in [0.1, 0.15) is 6.33 Å². The number of aryl methyl sites for hydroxylation is 2. The van der Waals surface area contributed by atoms with Crippen molar-refractivity contribution in [3.8, 4) is 5.95 Å². The summed E-state index contributed by atoms with van der Waals surface area (Å²) in [5.74, 6) is 0.654. The summed E-state index contributed by atoms with van der Waals surface area (Å²) in [4.78, 5) is 13.3. The largest absolute Gasteiger partial charge is 0.313 e. The van der Waals surface area contributed by atoms with E-state index in [2.05, 4.69) is 53.2 Å². The van der Waals surface area contributed by atoms with Crippen LogP contribution in [0.1, 0.15) is 23.6 Å². The Hall–Kier alpha value is -2.27. The highest BCUT2D eigenvalue weighted by Gasteiger charge is 2.08. The Balaban J connectivity index is 1.98. The lowest BCUT2D eigenvalue weighted by molar-refractivity contribution is 0.719. The highest BCUT2D eigenvalue weighted by Crippen LogP contribution is 2.20. The van der Waals surface area contributed by atoms with Gasteiger partial charge in [-0.2, -0.15) is 0 Å². The first kappa shape index (κ1) is 13.7. The normalized spacial score (nSPS) is 11.2. The predicted molar refractivity (Wildman–Crippen MR) is 83.5 cm³/mol. The maximum absolute atomic E-state index is 4.45. The number of fused-ring (bicyclic) bond motifs is 1. The second-order valence-electron chi connectivity index (χ2n) is 5.21. The lowest BCUT2D eigenvalue weighted by atomic mass is 10.1. The molecule has 0 spiro atoms. The van der Waals surface area contributed by atoms with Crippen molar-refractivity contribution in [1.82, 2.24) is 24.8 Å². The minimum Gasteiger partial charge on any atom is -0.313 e. The van der Waals surface area contributed by atoms with Gasteiger partial charge < -0.3 is 5.32 Å². The second-order valence-corrected chi connectivity index (χ2v) is 5.21. The van der Waals surface area contributed by atoms with E-state index in [9.17, 15) is 0 Å². The predicted octanol–water partition coefficient (Wildman–Crippen LogP) is 2.54. The van der Waals surface area contributed by atoms with Crippen LogP contribution in [0.4, 0.5) is 0 Å². The Kier molecular flexibility index (Phi) is 3.66. The zero-order chi connectivity index (χ0) is 14.8. The molecular formula is C16H19N5. The van der Waals surface area contributed by atoms with Crippen molar-refractivity contribution >= 4 is 11.0 Å². The highest BCUT2D eigenvalue weighted by atomic mass is 15.2. The summed E-state index contributed by atoms with van der Waals surface area (Å²) < 4.78 is 1.93. The molecule has 0 aliphatic rings. The van der Waals surface area contributed by atoms with Gasteiger partial charge in [0.05, 0.1) is 11.0 Å². The van der Waals surface area contributed by atoms with Gasteiger partial charge >= 0.3 is 0 Å². The fourth-order valence-corrected chi connectivity index (χ4v) is 2.26. The third kappa shape index (κ3) is 2.64. The number of aromatic nitrogens is 4. The first-order valence-electron chi connectivity index (χ1n) is 7.15. The number of imidazole rings is 1. The summed E-state index contributed by atoms with van der Waals surface area (Å²) in [5.41, 5.74) is 5.58. The second kappa shape index (κ2) is 5.61. The number of hydrogen-bond acceptors (Lipinski definition) is 4. The first-order chi connectivity index (χ1) is 10.2. The maximum Gasteiger partial charge on any atom is 0.235 e. The van der Waals surface area contributed by atoms with Crippen molar-refractivity contribution in [2.45, 2.75) is 27.3 Å². The summed E-state index contributed by atoms with van der Waals surface area (Å²) >= 11 is 0. The lowest BCUT2D eigenvalue weighted by Gasteiger charge is -2.06. The van der Waals surface area contributed by atoms with E-state index >= 15 is 0 Å². The van der Waals surface area contributed by atoms with E-state index < -0.39 is 0 Å². The van der Waals surface area contributed by atoms with Gasteiger partial charge in [-0.05, 0) is 43.7 Å². The maximum atomic E-state index is 4.45. The van der Waals surface area contributed by atoms with Crippen molar-refractivity contribution in [3.63, 3.8) is 0 Å². The first-order valence-corrected chi connectivity index (χ1v) is 7.15. The van der Waals surface area contributed by atoms with Gasteiger partial charge in [-0.15, -0.1) is 0 Å². The van der Waals surface area contributed by atoms with Crippen LogP contribution in [0.25, 0.3) is 17.0 Å². The Morgan fingerprint density at radius 2 is 1.76 bits per heavy atom. The molecule has 0 aliphatic carbocycles. The molecule has 2 heterocycles. The van der Waals surface area contributed by atoms with Gasteiger partial charge in [-0.3, -0.25) is 4.57 Å². The van der Waals surface area contributed by atoms with Crippen molar-refractivity contribution in [1.29, 1.82) is 0 Å². The van der Waals surface area contributed by atoms with Crippen LogP contribution in [-0.4, -0.2) is 26.1 Å². The number of benzene rings is 1. The molecule has 3 rings (SSSR count). The number of nitrogens with zero attached hydrogens (tertiary/aromatic N) is 4. The molecule has 0 atom stereocenters. The average Bonchev–Trinajstić information content (AvgIpc) is 2.89. The van der Waals surface area contributed by atoms with Crippen LogP contribution >= 0.6 is 0 Å². The van der Waals surface area contributed by atoms with Crippen LogP contribution in [-0.2, 0) is 6.54 Å². The van der Waals surface area contributed by atoms with E-state index in [1.165, 1.54) is 11.1 Å². The molecule has 1 N–H and O–H groups in total. The van der Waals surface area contributed by atoms with Gasteiger partial charge in [-0.1, -0.05) is 6.92 Å². The Morgan fingerprint density at radius 1 is 1.05 bits per heavy atom. The molecule has 0 amide bonds. The molecule has 21 heavy (non-hydrogen) atoms. The Morgan fingerprint density at radius 3 is 2.48 bits per heavy atom. The summed E-state index contributed by atoms with van der Waals surface area (Å²) in [5, 5.41) is 3.26. The summed E-state index contributed by atoms with van der Waals surface area (Å²) in [6.07, 6.45) is 5.50. The topological polar surface area (TPSA) is 55.6 Å². The molecule has 5 nitrogen and oxygen atoms in total. The van der Waals surface area contributed by atoms with Crippen molar-refractivity contribution in [2.75, 3.05) is 6.54 Å². The smallest absolute Gasteiger partial charge is 0.235 e. The molecule has 108 valence electrons. The van der Waals surface area contributed by atoms with Gasteiger partial charge in [0, 0.05) is 24.5 Å². The molecule has 2 aromatic heterocycles. The van der Waals surface area contributed by atoms with Crippen molar-refractivity contribution < 1.29 is 0 Å². The number of hydrogen-bond donors (Lipinski definition) is 1. The van der Waals surface area contributed by atoms with Crippen molar-refractivity contribution in [3.05, 3.63) is 47.5 Å². The minimum atomic E-state index is 0.654. The highest BCUT2D eigenvalue weighted by molar-refractivity contribution is 5.78. The summed E-state index contributed by atoms with van der Waals surface area (Å²) in [7, 11) is 0. The molecular weight excluding hydrogens is 262 g/mol. The van der Waals surface area contributed by atoms with Crippen LogP contribution in [0.5, 0.6) is 0 Å². The Labute approximate surface area is 124 Å². The SMILES string of the molecule is CCNCc1cnc(-n2cnc3cc(C)c(C)cc32)nc1. The quantitative estimate of drug-likeness (QED) is 0.798. The average molecular weight is 281 g/mol. The van der Waals surface area contributed by atoms with Crippen LogP contribution in [0.15, 0.2) is 30.9 Å². The van der Waals surface area contributed by atoms with E-state index in [4.69, 9.17) is 0 Å². The van der Waals surface area contributed by atoms with Gasteiger partial charge in [0.25, 0.3) is 0 Å². The minimum absolute atomic E-state index is 0.654. The summed E-state index contributed by atoms with van der Waals surface area (Å²) in [6.45, 7) is 8.01. The molecule has 0 bridgehead atoms. The molecule has 1 aromatic carbocycles. The van der Waals surface area contributed by atoms with E-state index in [-0.39, 0.29) is 0 Å². The molecule has 3 aromatic rings. The molecule has 0 aliphatic heterocycles. The van der Waals surface area contributed by atoms with E-state index in [0.717, 1.165) is 29.7 Å². The zero-order valence-electron chi connectivity index (χ0n) is 12.6. The van der Waals surface area contributed by atoms with E-state index in [1.807, 2.05) is 17.0 Å². The standard InChI is InChI=1S/C16H19N5/c1-4-17-7-13-8-18-16(19-9-13)21-10-20-14-5-11(2)12(3)6-15(14)21/h5-6,8-10,17H,4,7H2,1-3H3. The Bertz CT molecular complexity index is 758. The molecule has 0 saturated carbocycles. The van der Waals surface area contributed by atoms with Crippen LogP contribution in [0.3, 0.4) is 0 Å².